The monoisotopic (exact) mass is 279 g/mol. The fraction of sp³-hybridized carbons (Fsp3) is 0.786. The fourth-order valence-electron chi connectivity index (χ4n) is 2.03. The van der Waals surface area contributed by atoms with Crippen LogP contribution in [0.3, 0.4) is 0 Å². The molecule has 0 atom stereocenters. The lowest BCUT2D eigenvalue weighted by Gasteiger charge is -2.16. The molecule has 2 fully saturated rings. The summed E-state index contributed by atoms with van der Waals surface area (Å²) in [7, 11) is 0. The zero-order valence-electron chi connectivity index (χ0n) is 11.8. The van der Waals surface area contributed by atoms with Gasteiger partial charge in [-0.25, -0.2) is 0 Å². The Labute approximate surface area is 118 Å². The molecule has 0 aromatic carbocycles. The number of rotatable bonds is 5. The Morgan fingerprint density at radius 2 is 1.95 bits per heavy atom. The molecule has 0 aliphatic heterocycles. The molecule has 1 aromatic rings. The van der Waals surface area contributed by atoms with Gasteiger partial charge >= 0.3 is 0 Å². The molecule has 0 saturated heterocycles. The quantitative estimate of drug-likeness (QED) is 0.777. The van der Waals surface area contributed by atoms with Crippen LogP contribution in [0.25, 0.3) is 0 Å². The predicted octanol–water partition coefficient (Wildman–Crippen LogP) is 3.20. The van der Waals surface area contributed by atoms with Crippen molar-refractivity contribution in [2.24, 2.45) is 5.41 Å². The molecule has 4 nitrogen and oxygen atoms in total. The van der Waals surface area contributed by atoms with Gasteiger partial charge in [0.05, 0.1) is 5.75 Å². The van der Waals surface area contributed by atoms with Crippen molar-refractivity contribution in [2.75, 3.05) is 5.75 Å². The molecule has 19 heavy (non-hydrogen) atoms. The normalized spacial score (nSPS) is 19.7. The zero-order chi connectivity index (χ0) is 13.6. The third kappa shape index (κ3) is 2.86. The predicted molar refractivity (Wildman–Crippen MR) is 75.5 cm³/mol. The van der Waals surface area contributed by atoms with Crippen LogP contribution in [0.2, 0.25) is 0 Å². The number of nitrogens with zero attached hydrogens (tertiary/aromatic N) is 3. The number of carbonyl (C=O) groups excluding carboxylic acids is 1. The highest BCUT2D eigenvalue weighted by atomic mass is 32.2. The van der Waals surface area contributed by atoms with Crippen molar-refractivity contribution in [3.05, 3.63) is 5.82 Å². The summed E-state index contributed by atoms with van der Waals surface area (Å²) in [6.45, 7) is 5.91. The van der Waals surface area contributed by atoms with E-state index in [2.05, 4.69) is 14.8 Å². The lowest BCUT2D eigenvalue weighted by Crippen LogP contribution is -2.22. The Hall–Kier alpha value is -0.840. The van der Waals surface area contributed by atoms with Gasteiger partial charge in [-0.2, -0.15) is 0 Å². The summed E-state index contributed by atoms with van der Waals surface area (Å²) in [4.78, 5) is 12.0. The molecule has 0 bridgehead atoms. The van der Waals surface area contributed by atoms with Crippen LogP contribution in [0.15, 0.2) is 5.16 Å². The second-order valence-corrected chi connectivity index (χ2v) is 7.62. The molecule has 2 saturated carbocycles. The van der Waals surface area contributed by atoms with E-state index in [0.717, 1.165) is 11.0 Å². The Morgan fingerprint density at radius 3 is 2.47 bits per heavy atom. The Kier molecular flexibility index (Phi) is 3.20. The smallest absolute Gasteiger partial charge is 0.191 e. The maximum absolute atomic E-state index is 12.0. The third-order valence-corrected chi connectivity index (χ3v) is 4.66. The number of carbonyl (C=O) groups is 1. The third-order valence-electron chi connectivity index (χ3n) is 3.71. The largest absolute Gasteiger partial charge is 0.303 e. The summed E-state index contributed by atoms with van der Waals surface area (Å²) in [5.41, 5.74) is -0.267. The molecule has 5 heteroatoms. The van der Waals surface area contributed by atoms with Gasteiger partial charge in [-0.1, -0.05) is 32.5 Å². The highest BCUT2D eigenvalue weighted by molar-refractivity contribution is 7.99. The maximum atomic E-state index is 12.0. The Morgan fingerprint density at radius 1 is 1.26 bits per heavy atom. The van der Waals surface area contributed by atoms with Crippen LogP contribution in [-0.2, 0) is 4.79 Å². The number of aromatic nitrogens is 3. The lowest BCUT2D eigenvalue weighted by atomic mass is 9.92. The molecular formula is C14H21N3OS. The maximum Gasteiger partial charge on any atom is 0.191 e. The molecule has 104 valence electrons. The summed E-state index contributed by atoms with van der Waals surface area (Å²) in [6, 6.07) is 0.595. The van der Waals surface area contributed by atoms with Crippen molar-refractivity contribution >= 4 is 17.5 Å². The lowest BCUT2D eigenvalue weighted by molar-refractivity contribution is -0.123. The molecular weight excluding hydrogens is 258 g/mol. The van der Waals surface area contributed by atoms with E-state index in [4.69, 9.17) is 0 Å². The van der Waals surface area contributed by atoms with Gasteiger partial charge in [-0.15, -0.1) is 10.2 Å². The van der Waals surface area contributed by atoms with Crippen molar-refractivity contribution in [3.8, 4) is 0 Å². The van der Waals surface area contributed by atoms with Gasteiger partial charge in [0.1, 0.15) is 11.6 Å². The molecule has 1 aromatic heterocycles. The molecule has 0 unspecified atom stereocenters. The van der Waals surface area contributed by atoms with Crippen molar-refractivity contribution in [1.29, 1.82) is 0 Å². The average molecular weight is 279 g/mol. The van der Waals surface area contributed by atoms with E-state index in [0.29, 0.717) is 17.7 Å². The van der Waals surface area contributed by atoms with Gasteiger partial charge in [0, 0.05) is 17.4 Å². The molecule has 0 N–H and O–H groups in total. The number of Topliss-reactive ketones (excluding diaryl/α,β-unsaturated/α-hetero) is 1. The van der Waals surface area contributed by atoms with Crippen molar-refractivity contribution in [1.82, 2.24) is 14.8 Å². The summed E-state index contributed by atoms with van der Waals surface area (Å²) >= 11 is 1.56. The van der Waals surface area contributed by atoms with Gasteiger partial charge in [0.15, 0.2) is 5.16 Å². The van der Waals surface area contributed by atoms with Crippen LogP contribution in [0.5, 0.6) is 0 Å². The Balaban J connectivity index is 1.72. The van der Waals surface area contributed by atoms with Gasteiger partial charge in [0.25, 0.3) is 0 Å². The molecule has 1 heterocycles. The number of hydrogen-bond acceptors (Lipinski definition) is 4. The number of hydrogen-bond donors (Lipinski definition) is 0. The van der Waals surface area contributed by atoms with Crippen LogP contribution >= 0.6 is 11.8 Å². The van der Waals surface area contributed by atoms with E-state index in [1.54, 1.807) is 11.8 Å². The standard InChI is InChI=1S/C14H21N3OS/c1-14(2,3)11(18)8-19-13-16-15-12(9-4-5-9)17(13)10-6-7-10/h9-10H,4-8H2,1-3H3. The van der Waals surface area contributed by atoms with E-state index in [1.807, 2.05) is 20.8 Å². The van der Waals surface area contributed by atoms with Crippen LogP contribution in [0.1, 0.15) is 64.2 Å². The van der Waals surface area contributed by atoms with Crippen LogP contribution in [0, 0.1) is 5.41 Å². The first-order valence-electron chi connectivity index (χ1n) is 7.07. The topological polar surface area (TPSA) is 47.8 Å². The van der Waals surface area contributed by atoms with E-state index in [9.17, 15) is 4.79 Å². The first-order valence-corrected chi connectivity index (χ1v) is 8.06. The SMILES string of the molecule is CC(C)(C)C(=O)CSc1nnc(C2CC2)n1C1CC1. The number of thioether (sulfide) groups is 1. The molecule has 2 aliphatic carbocycles. The highest BCUT2D eigenvalue weighted by Crippen LogP contribution is 2.46. The molecule has 3 rings (SSSR count). The molecule has 0 radical (unpaired) electrons. The van der Waals surface area contributed by atoms with E-state index in [1.165, 1.54) is 25.7 Å². The summed E-state index contributed by atoms with van der Waals surface area (Å²) in [5, 5.41) is 9.62. The molecule has 0 spiro atoms. The minimum Gasteiger partial charge on any atom is -0.303 e. The number of ketones is 1. The van der Waals surface area contributed by atoms with Crippen LogP contribution < -0.4 is 0 Å². The minimum atomic E-state index is -0.267. The van der Waals surface area contributed by atoms with Crippen molar-refractivity contribution < 1.29 is 4.79 Å². The van der Waals surface area contributed by atoms with Crippen LogP contribution in [0.4, 0.5) is 0 Å². The molecule has 2 aliphatic rings. The second kappa shape index (κ2) is 4.62. The van der Waals surface area contributed by atoms with Crippen LogP contribution in [-0.4, -0.2) is 26.3 Å². The first-order chi connectivity index (χ1) is 8.97. The summed E-state index contributed by atoms with van der Waals surface area (Å²) in [5.74, 6) is 2.56. The van der Waals surface area contributed by atoms with Crippen molar-refractivity contribution in [3.63, 3.8) is 0 Å². The zero-order valence-corrected chi connectivity index (χ0v) is 12.7. The van der Waals surface area contributed by atoms with Gasteiger partial charge in [-0.05, 0) is 25.7 Å². The van der Waals surface area contributed by atoms with Gasteiger partial charge in [-0.3, -0.25) is 4.79 Å². The summed E-state index contributed by atoms with van der Waals surface area (Å²) < 4.78 is 2.30. The fourth-order valence-corrected chi connectivity index (χ4v) is 3.20. The second-order valence-electron chi connectivity index (χ2n) is 6.68. The van der Waals surface area contributed by atoms with E-state index < -0.39 is 0 Å². The first kappa shape index (κ1) is 13.2. The Bertz CT molecular complexity index is 495. The van der Waals surface area contributed by atoms with E-state index in [-0.39, 0.29) is 11.2 Å². The van der Waals surface area contributed by atoms with Gasteiger partial charge in [0.2, 0.25) is 0 Å². The highest BCUT2D eigenvalue weighted by Gasteiger charge is 2.36. The van der Waals surface area contributed by atoms with Gasteiger partial charge < -0.3 is 4.57 Å². The average Bonchev–Trinajstić information content (AvgIpc) is 3.23. The summed E-state index contributed by atoms with van der Waals surface area (Å²) in [6.07, 6.45) is 4.96. The molecule has 0 amide bonds. The van der Waals surface area contributed by atoms with E-state index >= 15 is 0 Å². The van der Waals surface area contributed by atoms with Crippen molar-refractivity contribution in [2.45, 2.75) is 63.6 Å². The minimum absolute atomic E-state index is 0.267.